The molecule has 28 heavy (non-hydrogen) atoms. The molecule has 1 aliphatic heterocycles. The molecule has 6 nitrogen and oxygen atoms in total. The van der Waals surface area contributed by atoms with E-state index < -0.39 is 0 Å². The van der Waals surface area contributed by atoms with Crippen molar-refractivity contribution in [3.8, 4) is 17.2 Å². The quantitative estimate of drug-likeness (QED) is 0.663. The van der Waals surface area contributed by atoms with Gasteiger partial charge in [0.1, 0.15) is 12.4 Å². The van der Waals surface area contributed by atoms with Gasteiger partial charge in [-0.25, -0.2) is 4.68 Å². The molecule has 2 heterocycles. The Morgan fingerprint density at radius 3 is 2.82 bits per heavy atom. The second kappa shape index (κ2) is 7.60. The van der Waals surface area contributed by atoms with Crippen molar-refractivity contribution in [2.24, 2.45) is 0 Å². The van der Waals surface area contributed by atoms with E-state index in [2.05, 4.69) is 17.0 Å². The maximum atomic E-state index is 12.4. The van der Waals surface area contributed by atoms with Crippen LogP contribution in [0.2, 0.25) is 0 Å². The number of nitrogens with one attached hydrogen (secondary N) is 1. The van der Waals surface area contributed by atoms with E-state index in [-0.39, 0.29) is 11.8 Å². The van der Waals surface area contributed by atoms with Crippen LogP contribution in [0.1, 0.15) is 23.5 Å². The summed E-state index contributed by atoms with van der Waals surface area (Å²) in [6, 6.07) is 15.5. The number of hydrogen-bond acceptors (Lipinski definition) is 4. The minimum Gasteiger partial charge on any atom is -0.493 e. The molecular weight excluding hydrogens is 354 g/mol. The maximum Gasteiger partial charge on any atom is 0.226 e. The molecule has 0 saturated heterocycles. The molecule has 142 valence electrons. The van der Waals surface area contributed by atoms with Crippen LogP contribution in [0.25, 0.3) is 5.69 Å². The summed E-state index contributed by atoms with van der Waals surface area (Å²) in [6.45, 7) is 4.06. The van der Waals surface area contributed by atoms with Crippen LogP contribution in [0.5, 0.6) is 11.5 Å². The van der Waals surface area contributed by atoms with E-state index in [9.17, 15) is 4.79 Å². The number of carbonyl (C=O) groups is 1. The van der Waals surface area contributed by atoms with E-state index in [0.717, 1.165) is 16.8 Å². The summed E-state index contributed by atoms with van der Waals surface area (Å²) in [5.74, 6) is 1.83. The van der Waals surface area contributed by atoms with Gasteiger partial charge in [-0.3, -0.25) is 4.79 Å². The van der Waals surface area contributed by atoms with Crippen LogP contribution in [0, 0.1) is 0 Å². The average molecular weight is 375 g/mol. The van der Waals surface area contributed by atoms with Gasteiger partial charge in [-0.15, -0.1) is 0 Å². The Morgan fingerprint density at radius 2 is 2.07 bits per heavy atom. The van der Waals surface area contributed by atoms with Crippen molar-refractivity contribution in [3.05, 3.63) is 78.5 Å². The van der Waals surface area contributed by atoms with E-state index in [1.165, 1.54) is 0 Å². The summed E-state index contributed by atoms with van der Waals surface area (Å²) in [5.41, 5.74) is 2.85. The Labute approximate surface area is 163 Å². The molecule has 0 spiro atoms. The third-order valence-corrected chi connectivity index (χ3v) is 4.77. The predicted molar refractivity (Wildman–Crippen MR) is 107 cm³/mol. The number of nitrogens with zero attached hydrogens (tertiary/aromatic N) is 2. The number of aromatic nitrogens is 2. The molecule has 1 amide bonds. The van der Waals surface area contributed by atoms with Gasteiger partial charge in [-0.1, -0.05) is 36.9 Å². The second-order valence-corrected chi connectivity index (χ2v) is 6.51. The first-order valence-electron chi connectivity index (χ1n) is 9.06. The van der Waals surface area contributed by atoms with Gasteiger partial charge < -0.3 is 14.8 Å². The third kappa shape index (κ3) is 3.24. The lowest BCUT2D eigenvalue weighted by Crippen LogP contribution is -2.24. The zero-order valence-corrected chi connectivity index (χ0v) is 15.6. The Morgan fingerprint density at radius 1 is 1.25 bits per heavy atom. The molecule has 0 radical (unpaired) electrons. The summed E-state index contributed by atoms with van der Waals surface area (Å²) in [5, 5.41) is 7.48. The largest absolute Gasteiger partial charge is 0.493 e. The number of ether oxygens (including phenoxy) is 2. The first kappa shape index (κ1) is 17.9. The van der Waals surface area contributed by atoms with Crippen LogP contribution in [0.4, 0.5) is 5.82 Å². The minimum atomic E-state index is -0.108. The number of hydrogen-bond donors (Lipinski definition) is 1. The van der Waals surface area contributed by atoms with Crippen LogP contribution in [-0.4, -0.2) is 29.4 Å². The highest BCUT2D eigenvalue weighted by Gasteiger charge is 2.31. The zero-order chi connectivity index (χ0) is 19.5. The third-order valence-electron chi connectivity index (χ3n) is 4.77. The summed E-state index contributed by atoms with van der Waals surface area (Å²) >= 11 is 0. The highest BCUT2D eigenvalue weighted by molar-refractivity contribution is 5.94. The predicted octanol–water partition coefficient (Wildman–Crippen LogP) is 3.92. The Hall–Kier alpha value is -3.54. The monoisotopic (exact) mass is 375 g/mol. The standard InChI is InChI=1S/C22H21N3O3/c1-3-11-28-19-10-9-15(12-20(19)27-2)17-13-21(26)24-22-18(17)14-23-25(22)16-7-5-4-6-8-16/h3-10,12,14,17H,1,11,13H2,2H3,(H,24,26)/t17-/m1/s1. The van der Waals surface area contributed by atoms with Gasteiger partial charge in [-0.05, 0) is 29.8 Å². The van der Waals surface area contributed by atoms with Crippen LogP contribution >= 0.6 is 0 Å². The lowest BCUT2D eigenvalue weighted by Gasteiger charge is -2.24. The maximum absolute atomic E-state index is 12.4. The fraction of sp³-hybridized carbons (Fsp3) is 0.182. The number of fused-ring (bicyclic) bond motifs is 1. The van der Waals surface area contributed by atoms with Gasteiger partial charge in [0.15, 0.2) is 11.5 Å². The number of benzene rings is 2. The molecule has 0 aliphatic carbocycles. The van der Waals surface area contributed by atoms with Gasteiger partial charge >= 0.3 is 0 Å². The fourth-order valence-corrected chi connectivity index (χ4v) is 3.45. The molecule has 1 atom stereocenters. The molecular formula is C22H21N3O3. The fourth-order valence-electron chi connectivity index (χ4n) is 3.45. The normalized spacial score (nSPS) is 15.5. The summed E-state index contributed by atoms with van der Waals surface area (Å²) in [6.07, 6.45) is 3.85. The molecule has 0 saturated carbocycles. The SMILES string of the molecule is C=CCOc1ccc([C@H]2CC(=O)Nc3c2cnn3-c2ccccc2)cc1OC. The Bertz CT molecular complexity index is 1010. The number of para-hydroxylation sites is 1. The molecule has 0 unspecified atom stereocenters. The molecule has 3 aromatic rings. The van der Waals surface area contributed by atoms with Crippen LogP contribution < -0.4 is 14.8 Å². The molecule has 2 aromatic carbocycles. The van der Waals surface area contributed by atoms with Gasteiger partial charge in [0.25, 0.3) is 0 Å². The summed E-state index contributed by atoms with van der Waals surface area (Å²) in [4.78, 5) is 12.4. The molecule has 1 N–H and O–H groups in total. The number of methoxy groups -OCH3 is 1. The van der Waals surface area contributed by atoms with E-state index in [0.29, 0.717) is 30.3 Å². The van der Waals surface area contributed by atoms with Crippen molar-refractivity contribution in [1.29, 1.82) is 0 Å². The van der Waals surface area contributed by atoms with Crippen molar-refractivity contribution < 1.29 is 14.3 Å². The molecule has 0 fully saturated rings. The van der Waals surface area contributed by atoms with Gasteiger partial charge in [0.2, 0.25) is 5.91 Å². The van der Waals surface area contributed by atoms with E-state index in [4.69, 9.17) is 9.47 Å². The lowest BCUT2D eigenvalue weighted by atomic mass is 9.87. The molecule has 0 bridgehead atoms. The smallest absolute Gasteiger partial charge is 0.226 e. The molecule has 1 aromatic heterocycles. The van der Waals surface area contributed by atoms with Crippen molar-refractivity contribution in [3.63, 3.8) is 0 Å². The lowest BCUT2D eigenvalue weighted by molar-refractivity contribution is -0.116. The number of anilines is 1. The molecule has 4 rings (SSSR count). The van der Waals surface area contributed by atoms with E-state index in [1.54, 1.807) is 17.9 Å². The highest BCUT2D eigenvalue weighted by atomic mass is 16.5. The van der Waals surface area contributed by atoms with Crippen molar-refractivity contribution >= 4 is 11.7 Å². The highest BCUT2D eigenvalue weighted by Crippen LogP contribution is 2.40. The second-order valence-electron chi connectivity index (χ2n) is 6.51. The van der Waals surface area contributed by atoms with Crippen LogP contribution in [0.3, 0.4) is 0 Å². The average Bonchev–Trinajstić information content (AvgIpc) is 3.16. The first-order chi connectivity index (χ1) is 13.7. The number of amides is 1. The topological polar surface area (TPSA) is 65.4 Å². The van der Waals surface area contributed by atoms with Gasteiger partial charge in [-0.2, -0.15) is 5.10 Å². The first-order valence-corrected chi connectivity index (χ1v) is 9.06. The van der Waals surface area contributed by atoms with Gasteiger partial charge in [0.05, 0.1) is 19.0 Å². The van der Waals surface area contributed by atoms with Crippen molar-refractivity contribution in [2.75, 3.05) is 19.0 Å². The Kier molecular flexibility index (Phi) is 4.85. The summed E-state index contributed by atoms with van der Waals surface area (Å²) in [7, 11) is 1.60. The minimum absolute atomic E-state index is 0.0406. The van der Waals surface area contributed by atoms with E-state index in [1.807, 2.05) is 54.7 Å². The number of carbonyl (C=O) groups excluding carboxylic acids is 1. The van der Waals surface area contributed by atoms with Crippen molar-refractivity contribution in [2.45, 2.75) is 12.3 Å². The number of rotatable bonds is 6. The Balaban J connectivity index is 1.74. The van der Waals surface area contributed by atoms with Crippen LogP contribution in [-0.2, 0) is 4.79 Å². The summed E-state index contributed by atoms with van der Waals surface area (Å²) < 4.78 is 12.9. The van der Waals surface area contributed by atoms with Crippen molar-refractivity contribution in [1.82, 2.24) is 9.78 Å². The van der Waals surface area contributed by atoms with E-state index >= 15 is 0 Å². The molecule has 6 heteroatoms. The molecule has 1 aliphatic rings. The van der Waals surface area contributed by atoms with Gasteiger partial charge in [0, 0.05) is 17.9 Å². The zero-order valence-electron chi connectivity index (χ0n) is 15.6. The van der Waals surface area contributed by atoms with Crippen LogP contribution in [0.15, 0.2) is 67.4 Å².